The zero-order valence-electron chi connectivity index (χ0n) is 10.7. The molecule has 2 N–H and O–H groups in total. The van der Waals surface area contributed by atoms with E-state index in [1.165, 1.54) is 5.56 Å². The molecule has 0 aliphatic carbocycles. The van der Waals surface area contributed by atoms with E-state index in [1.807, 2.05) is 24.3 Å². The van der Waals surface area contributed by atoms with E-state index in [0.29, 0.717) is 12.2 Å². The summed E-state index contributed by atoms with van der Waals surface area (Å²) >= 11 is 0. The number of rotatable bonds is 5. The Labute approximate surface area is 106 Å². The number of hydrogen-bond donors (Lipinski definition) is 2. The van der Waals surface area contributed by atoms with Gasteiger partial charge in [-0.05, 0) is 24.1 Å². The molecule has 0 spiro atoms. The Balaban J connectivity index is 2.31. The monoisotopic (exact) mass is 250 g/mol. The van der Waals surface area contributed by atoms with Crippen molar-refractivity contribution >= 4 is 11.8 Å². The van der Waals surface area contributed by atoms with Crippen molar-refractivity contribution in [2.45, 2.75) is 26.7 Å². The third-order valence-corrected chi connectivity index (χ3v) is 2.36. The second-order valence-corrected chi connectivity index (χ2v) is 3.74. The third kappa shape index (κ3) is 4.86. The average Bonchev–Trinajstić information content (AvgIpc) is 2.42. The van der Waals surface area contributed by atoms with Crippen LogP contribution in [0, 0.1) is 0 Å². The number of carbonyl (C=O) groups is 2. The summed E-state index contributed by atoms with van der Waals surface area (Å²) in [5.74, 6) is -0.00353. The van der Waals surface area contributed by atoms with Crippen molar-refractivity contribution in [2.24, 2.45) is 0 Å². The van der Waals surface area contributed by atoms with E-state index in [4.69, 9.17) is 4.74 Å². The van der Waals surface area contributed by atoms with Crippen LogP contribution >= 0.6 is 0 Å². The molecule has 98 valence electrons. The Hall–Kier alpha value is -2.04. The minimum Gasteiger partial charge on any atom is -0.484 e. The van der Waals surface area contributed by atoms with Gasteiger partial charge >= 0.3 is 0 Å². The standard InChI is InChI=1S/C13H18N2O3/c1-3-10-5-7-11(8-6-10)18-9-13(17)15-14-12(16)4-2/h5-8H,3-4,9H2,1-2H3,(H,14,16)(H,15,17). The molecule has 0 unspecified atom stereocenters. The Bertz CT molecular complexity index is 401. The van der Waals surface area contributed by atoms with Crippen molar-refractivity contribution in [3.8, 4) is 5.75 Å². The Morgan fingerprint density at radius 2 is 1.67 bits per heavy atom. The smallest absolute Gasteiger partial charge is 0.276 e. The minimum atomic E-state index is -0.392. The Kier molecular flexibility index (Phi) is 5.70. The molecule has 5 heteroatoms. The first-order chi connectivity index (χ1) is 8.65. The summed E-state index contributed by atoms with van der Waals surface area (Å²) in [6.07, 6.45) is 1.28. The molecular weight excluding hydrogens is 232 g/mol. The van der Waals surface area contributed by atoms with Gasteiger partial charge in [-0.15, -0.1) is 0 Å². The number of aryl methyl sites for hydroxylation is 1. The van der Waals surface area contributed by atoms with Crippen LogP contribution in [0.1, 0.15) is 25.8 Å². The SMILES string of the molecule is CCC(=O)NNC(=O)COc1ccc(CC)cc1. The van der Waals surface area contributed by atoms with Crippen molar-refractivity contribution < 1.29 is 14.3 Å². The molecule has 2 amide bonds. The van der Waals surface area contributed by atoms with Crippen LogP contribution in [0.5, 0.6) is 5.75 Å². The number of benzene rings is 1. The summed E-state index contributed by atoms with van der Waals surface area (Å²) in [7, 11) is 0. The molecule has 0 aromatic heterocycles. The molecule has 0 bridgehead atoms. The van der Waals surface area contributed by atoms with Crippen LogP contribution in [-0.2, 0) is 16.0 Å². The first kappa shape index (κ1) is 14.0. The van der Waals surface area contributed by atoms with Crippen molar-refractivity contribution in [1.29, 1.82) is 0 Å². The third-order valence-electron chi connectivity index (χ3n) is 2.36. The van der Waals surface area contributed by atoms with Crippen LogP contribution < -0.4 is 15.6 Å². The Morgan fingerprint density at radius 3 is 2.22 bits per heavy atom. The zero-order valence-corrected chi connectivity index (χ0v) is 10.7. The summed E-state index contributed by atoms with van der Waals surface area (Å²) in [5.41, 5.74) is 5.74. The number of nitrogens with one attached hydrogen (secondary N) is 2. The minimum absolute atomic E-state index is 0.129. The lowest BCUT2D eigenvalue weighted by Crippen LogP contribution is -2.43. The summed E-state index contributed by atoms with van der Waals surface area (Å²) in [6.45, 7) is 3.64. The van der Waals surface area contributed by atoms with Crippen LogP contribution in [0.3, 0.4) is 0 Å². The molecule has 1 aromatic carbocycles. The number of hydrogen-bond acceptors (Lipinski definition) is 3. The molecule has 0 atom stereocenters. The number of hydrazine groups is 1. The van der Waals surface area contributed by atoms with Crippen molar-refractivity contribution in [3.05, 3.63) is 29.8 Å². The predicted octanol–water partition coefficient (Wildman–Crippen LogP) is 1.19. The lowest BCUT2D eigenvalue weighted by atomic mass is 10.2. The normalized spacial score (nSPS) is 9.67. The highest BCUT2D eigenvalue weighted by molar-refractivity contribution is 5.82. The summed E-state index contributed by atoms with van der Waals surface area (Å²) in [4.78, 5) is 22.2. The highest BCUT2D eigenvalue weighted by Gasteiger charge is 2.03. The molecule has 0 heterocycles. The first-order valence-electron chi connectivity index (χ1n) is 5.95. The van der Waals surface area contributed by atoms with Crippen molar-refractivity contribution in [3.63, 3.8) is 0 Å². The van der Waals surface area contributed by atoms with Crippen LogP contribution in [0.4, 0.5) is 0 Å². The predicted molar refractivity (Wildman–Crippen MR) is 67.9 cm³/mol. The molecule has 1 aromatic rings. The second-order valence-electron chi connectivity index (χ2n) is 3.74. The average molecular weight is 250 g/mol. The largest absolute Gasteiger partial charge is 0.484 e. The van der Waals surface area contributed by atoms with Gasteiger partial charge in [-0.1, -0.05) is 26.0 Å². The van der Waals surface area contributed by atoms with Gasteiger partial charge in [-0.25, -0.2) is 0 Å². The summed E-state index contributed by atoms with van der Waals surface area (Å²) in [6, 6.07) is 7.53. The highest BCUT2D eigenvalue weighted by atomic mass is 16.5. The van der Waals surface area contributed by atoms with E-state index < -0.39 is 5.91 Å². The van der Waals surface area contributed by atoms with Gasteiger partial charge in [0.05, 0.1) is 0 Å². The van der Waals surface area contributed by atoms with E-state index in [-0.39, 0.29) is 12.5 Å². The number of ether oxygens (including phenoxy) is 1. The van der Waals surface area contributed by atoms with E-state index in [2.05, 4.69) is 17.8 Å². The molecular formula is C13H18N2O3. The molecule has 0 aliphatic heterocycles. The molecule has 0 saturated carbocycles. The molecule has 18 heavy (non-hydrogen) atoms. The topological polar surface area (TPSA) is 67.4 Å². The fourth-order valence-corrected chi connectivity index (χ4v) is 1.23. The number of carbonyl (C=O) groups excluding carboxylic acids is 2. The molecule has 1 rings (SSSR count). The fraction of sp³-hybridized carbons (Fsp3) is 0.385. The van der Waals surface area contributed by atoms with E-state index in [0.717, 1.165) is 6.42 Å². The molecule has 0 radical (unpaired) electrons. The lowest BCUT2D eigenvalue weighted by Gasteiger charge is -2.08. The van der Waals surface area contributed by atoms with Crippen LogP contribution in [-0.4, -0.2) is 18.4 Å². The van der Waals surface area contributed by atoms with Crippen LogP contribution in [0.15, 0.2) is 24.3 Å². The molecule has 0 fully saturated rings. The van der Waals surface area contributed by atoms with Gasteiger partial charge in [0.15, 0.2) is 6.61 Å². The van der Waals surface area contributed by atoms with Gasteiger partial charge in [-0.2, -0.15) is 0 Å². The molecule has 0 aliphatic rings. The van der Waals surface area contributed by atoms with Gasteiger partial charge < -0.3 is 4.74 Å². The van der Waals surface area contributed by atoms with Gasteiger partial charge in [-0.3, -0.25) is 20.4 Å². The molecule has 5 nitrogen and oxygen atoms in total. The molecule has 0 saturated heterocycles. The van der Waals surface area contributed by atoms with Crippen molar-refractivity contribution in [2.75, 3.05) is 6.61 Å². The van der Waals surface area contributed by atoms with Crippen LogP contribution in [0.2, 0.25) is 0 Å². The number of amides is 2. The van der Waals surface area contributed by atoms with Crippen molar-refractivity contribution in [1.82, 2.24) is 10.9 Å². The van der Waals surface area contributed by atoms with Gasteiger partial charge in [0.1, 0.15) is 5.75 Å². The first-order valence-corrected chi connectivity index (χ1v) is 5.95. The van der Waals surface area contributed by atoms with E-state index in [1.54, 1.807) is 6.92 Å². The lowest BCUT2D eigenvalue weighted by molar-refractivity contribution is -0.129. The van der Waals surface area contributed by atoms with E-state index >= 15 is 0 Å². The highest BCUT2D eigenvalue weighted by Crippen LogP contribution is 2.12. The van der Waals surface area contributed by atoms with Crippen LogP contribution in [0.25, 0.3) is 0 Å². The maximum Gasteiger partial charge on any atom is 0.276 e. The Morgan fingerprint density at radius 1 is 1.06 bits per heavy atom. The van der Waals surface area contributed by atoms with Gasteiger partial charge in [0, 0.05) is 6.42 Å². The zero-order chi connectivity index (χ0) is 13.4. The van der Waals surface area contributed by atoms with E-state index in [9.17, 15) is 9.59 Å². The summed E-state index contributed by atoms with van der Waals surface area (Å²) < 4.78 is 5.27. The van der Waals surface area contributed by atoms with Gasteiger partial charge in [0.25, 0.3) is 5.91 Å². The maximum absolute atomic E-state index is 11.3. The maximum atomic E-state index is 11.3. The summed E-state index contributed by atoms with van der Waals surface area (Å²) in [5, 5.41) is 0. The fourth-order valence-electron chi connectivity index (χ4n) is 1.23. The quantitative estimate of drug-likeness (QED) is 0.771. The van der Waals surface area contributed by atoms with Gasteiger partial charge in [0.2, 0.25) is 5.91 Å². The second kappa shape index (κ2) is 7.32.